The van der Waals surface area contributed by atoms with Crippen LogP contribution in [0.1, 0.15) is 28.9 Å². The SMILES string of the molecule is CC(Nc1cccc(C(=O)O)c1)c1ccc(Cl)cc1Cl. The summed E-state index contributed by atoms with van der Waals surface area (Å²) in [6, 6.07) is 11.9. The van der Waals surface area contributed by atoms with Gasteiger partial charge in [-0.2, -0.15) is 0 Å². The zero-order valence-corrected chi connectivity index (χ0v) is 12.2. The standard InChI is InChI=1S/C15H13Cl2NO2/c1-9(13-6-5-11(16)8-14(13)17)18-12-4-2-3-10(7-12)15(19)20/h2-9,18H,1H3,(H,19,20). The van der Waals surface area contributed by atoms with Crippen molar-refractivity contribution in [3.63, 3.8) is 0 Å². The number of benzene rings is 2. The number of carboxylic acid groups (broad SMARTS) is 1. The fourth-order valence-electron chi connectivity index (χ4n) is 1.92. The predicted molar refractivity (Wildman–Crippen MR) is 81.9 cm³/mol. The van der Waals surface area contributed by atoms with E-state index >= 15 is 0 Å². The Morgan fingerprint density at radius 1 is 1.20 bits per heavy atom. The maximum Gasteiger partial charge on any atom is 0.335 e. The molecule has 0 spiro atoms. The van der Waals surface area contributed by atoms with Crippen molar-refractivity contribution in [2.24, 2.45) is 0 Å². The molecule has 5 heteroatoms. The van der Waals surface area contributed by atoms with Gasteiger partial charge in [0.1, 0.15) is 0 Å². The van der Waals surface area contributed by atoms with Crippen molar-refractivity contribution in [1.82, 2.24) is 0 Å². The lowest BCUT2D eigenvalue weighted by atomic mass is 10.1. The van der Waals surface area contributed by atoms with Crippen LogP contribution in [0.25, 0.3) is 0 Å². The molecule has 0 saturated heterocycles. The van der Waals surface area contributed by atoms with Gasteiger partial charge < -0.3 is 10.4 Å². The van der Waals surface area contributed by atoms with E-state index in [0.717, 1.165) is 11.3 Å². The summed E-state index contributed by atoms with van der Waals surface area (Å²) in [5.74, 6) is -0.953. The Kier molecular flexibility index (Phi) is 4.53. The molecule has 0 aliphatic heterocycles. The van der Waals surface area contributed by atoms with Gasteiger partial charge in [-0.05, 0) is 42.8 Å². The second kappa shape index (κ2) is 6.16. The average molecular weight is 310 g/mol. The molecule has 2 aromatic carbocycles. The van der Waals surface area contributed by atoms with Crippen molar-refractivity contribution in [2.75, 3.05) is 5.32 Å². The highest BCUT2D eigenvalue weighted by Gasteiger charge is 2.11. The maximum atomic E-state index is 10.9. The quantitative estimate of drug-likeness (QED) is 0.847. The van der Waals surface area contributed by atoms with Gasteiger partial charge in [0.2, 0.25) is 0 Å². The van der Waals surface area contributed by atoms with Gasteiger partial charge in [-0.3, -0.25) is 0 Å². The van der Waals surface area contributed by atoms with Crippen LogP contribution in [-0.4, -0.2) is 11.1 Å². The molecule has 20 heavy (non-hydrogen) atoms. The van der Waals surface area contributed by atoms with Gasteiger partial charge in [0.15, 0.2) is 0 Å². The number of hydrogen-bond donors (Lipinski definition) is 2. The minimum atomic E-state index is -0.953. The fraction of sp³-hybridized carbons (Fsp3) is 0.133. The summed E-state index contributed by atoms with van der Waals surface area (Å²) in [6.07, 6.45) is 0. The Morgan fingerprint density at radius 3 is 2.60 bits per heavy atom. The van der Waals surface area contributed by atoms with Gasteiger partial charge in [0, 0.05) is 21.8 Å². The third-order valence-corrected chi connectivity index (χ3v) is 3.48. The van der Waals surface area contributed by atoms with E-state index in [4.69, 9.17) is 28.3 Å². The van der Waals surface area contributed by atoms with Crippen molar-refractivity contribution in [2.45, 2.75) is 13.0 Å². The molecule has 1 atom stereocenters. The van der Waals surface area contributed by atoms with Gasteiger partial charge in [-0.1, -0.05) is 35.3 Å². The van der Waals surface area contributed by atoms with Gasteiger partial charge in [0.05, 0.1) is 5.56 Å². The minimum absolute atomic E-state index is 0.0659. The first-order valence-electron chi connectivity index (χ1n) is 6.02. The minimum Gasteiger partial charge on any atom is -0.478 e. The number of nitrogens with one attached hydrogen (secondary N) is 1. The molecule has 0 radical (unpaired) electrons. The van der Waals surface area contributed by atoms with Gasteiger partial charge >= 0.3 is 5.97 Å². The number of rotatable bonds is 4. The van der Waals surface area contributed by atoms with Gasteiger partial charge in [-0.15, -0.1) is 0 Å². The monoisotopic (exact) mass is 309 g/mol. The average Bonchev–Trinajstić information content (AvgIpc) is 2.38. The molecular weight excluding hydrogens is 297 g/mol. The topological polar surface area (TPSA) is 49.3 Å². The second-order valence-corrected chi connectivity index (χ2v) is 5.26. The van der Waals surface area contributed by atoms with E-state index in [1.165, 1.54) is 0 Å². The summed E-state index contributed by atoms with van der Waals surface area (Å²) in [5, 5.41) is 13.4. The van der Waals surface area contributed by atoms with Crippen LogP contribution in [0.3, 0.4) is 0 Å². The summed E-state index contributed by atoms with van der Waals surface area (Å²) < 4.78 is 0. The third kappa shape index (κ3) is 3.44. The van der Waals surface area contributed by atoms with E-state index in [9.17, 15) is 4.79 Å². The van der Waals surface area contributed by atoms with Crippen molar-refractivity contribution < 1.29 is 9.90 Å². The highest BCUT2D eigenvalue weighted by Crippen LogP contribution is 2.28. The predicted octanol–water partition coefficient (Wildman–Crippen LogP) is 4.86. The first-order valence-corrected chi connectivity index (χ1v) is 6.78. The molecule has 2 N–H and O–H groups in total. The molecule has 0 bridgehead atoms. The smallest absolute Gasteiger partial charge is 0.335 e. The third-order valence-electron chi connectivity index (χ3n) is 2.92. The number of anilines is 1. The normalized spacial score (nSPS) is 11.9. The Balaban J connectivity index is 2.21. The van der Waals surface area contributed by atoms with E-state index in [1.54, 1.807) is 30.3 Å². The Labute approximate surface area is 127 Å². The Hall–Kier alpha value is -1.71. The first-order chi connectivity index (χ1) is 9.47. The lowest BCUT2D eigenvalue weighted by Crippen LogP contribution is -2.08. The number of carbonyl (C=O) groups is 1. The van der Waals surface area contributed by atoms with E-state index in [0.29, 0.717) is 10.0 Å². The molecule has 0 saturated carbocycles. The number of hydrogen-bond acceptors (Lipinski definition) is 2. The molecule has 2 rings (SSSR count). The summed E-state index contributed by atoms with van der Waals surface area (Å²) in [7, 11) is 0. The molecule has 0 amide bonds. The van der Waals surface area contributed by atoms with E-state index in [2.05, 4.69) is 5.32 Å². The number of aromatic carboxylic acids is 1. The molecule has 2 aromatic rings. The molecule has 0 aromatic heterocycles. The molecule has 104 valence electrons. The van der Waals surface area contributed by atoms with Crippen LogP contribution >= 0.6 is 23.2 Å². The summed E-state index contributed by atoms with van der Waals surface area (Å²) in [5.41, 5.74) is 1.87. The summed E-state index contributed by atoms with van der Waals surface area (Å²) in [6.45, 7) is 1.95. The van der Waals surface area contributed by atoms with Crippen LogP contribution in [0.4, 0.5) is 5.69 Å². The van der Waals surface area contributed by atoms with Crippen LogP contribution in [0.5, 0.6) is 0 Å². The van der Waals surface area contributed by atoms with Crippen LogP contribution in [0.2, 0.25) is 10.0 Å². The van der Waals surface area contributed by atoms with Crippen molar-refractivity contribution in [3.8, 4) is 0 Å². The molecular formula is C15H13Cl2NO2. The van der Waals surface area contributed by atoms with E-state index < -0.39 is 5.97 Å². The summed E-state index contributed by atoms with van der Waals surface area (Å²) in [4.78, 5) is 10.9. The molecule has 0 aliphatic carbocycles. The highest BCUT2D eigenvalue weighted by atomic mass is 35.5. The zero-order chi connectivity index (χ0) is 14.7. The Morgan fingerprint density at radius 2 is 1.95 bits per heavy atom. The molecule has 1 unspecified atom stereocenters. The van der Waals surface area contributed by atoms with Crippen LogP contribution in [0.15, 0.2) is 42.5 Å². The zero-order valence-electron chi connectivity index (χ0n) is 10.7. The number of carboxylic acids is 1. The van der Waals surface area contributed by atoms with Gasteiger partial charge in [0.25, 0.3) is 0 Å². The largest absolute Gasteiger partial charge is 0.478 e. The van der Waals surface area contributed by atoms with E-state index in [-0.39, 0.29) is 11.6 Å². The fourth-order valence-corrected chi connectivity index (χ4v) is 2.49. The second-order valence-electron chi connectivity index (χ2n) is 4.42. The lowest BCUT2D eigenvalue weighted by molar-refractivity contribution is 0.0697. The molecule has 0 fully saturated rings. The van der Waals surface area contributed by atoms with Crippen LogP contribution < -0.4 is 5.32 Å². The first kappa shape index (κ1) is 14.7. The molecule has 0 heterocycles. The van der Waals surface area contributed by atoms with E-state index in [1.807, 2.05) is 19.1 Å². The van der Waals surface area contributed by atoms with Crippen molar-refractivity contribution in [3.05, 3.63) is 63.6 Å². The van der Waals surface area contributed by atoms with Crippen molar-refractivity contribution in [1.29, 1.82) is 0 Å². The maximum absolute atomic E-state index is 10.9. The lowest BCUT2D eigenvalue weighted by Gasteiger charge is -2.17. The highest BCUT2D eigenvalue weighted by molar-refractivity contribution is 6.35. The van der Waals surface area contributed by atoms with Crippen LogP contribution in [0, 0.1) is 0 Å². The summed E-state index contributed by atoms with van der Waals surface area (Å²) >= 11 is 12.0. The number of halogens is 2. The van der Waals surface area contributed by atoms with Gasteiger partial charge in [-0.25, -0.2) is 4.79 Å². The molecule has 3 nitrogen and oxygen atoms in total. The molecule has 0 aliphatic rings. The van der Waals surface area contributed by atoms with Crippen LogP contribution in [-0.2, 0) is 0 Å². The Bertz CT molecular complexity index is 644. The van der Waals surface area contributed by atoms with Crippen molar-refractivity contribution >= 4 is 34.9 Å².